The monoisotopic (exact) mass is 283 g/mol. The van der Waals surface area contributed by atoms with Gasteiger partial charge in [-0.2, -0.15) is 0 Å². The van der Waals surface area contributed by atoms with Gasteiger partial charge in [0.2, 0.25) is 0 Å². The van der Waals surface area contributed by atoms with Crippen LogP contribution in [0, 0.1) is 5.82 Å². The highest BCUT2D eigenvalue weighted by atomic mass is 32.2. The van der Waals surface area contributed by atoms with Gasteiger partial charge in [-0.3, -0.25) is 0 Å². The fourth-order valence-corrected chi connectivity index (χ4v) is 3.42. The van der Waals surface area contributed by atoms with Crippen molar-refractivity contribution in [3.8, 4) is 0 Å². The van der Waals surface area contributed by atoms with Crippen LogP contribution in [-0.4, -0.2) is 25.0 Å². The molecular formula is C15H22FNOS. The molecule has 2 nitrogen and oxygen atoms in total. The zero-order chi connectivity index (χ0) is 13.5. The van der Waals surface area contributed by atoms with Gasteiger partial charge in [-0.15, -0.1) is 11.8 Å². The lowest BCUT2D eigenvalue weighted by Crippen LogP contribution is -2.19. The molecule has 0 bridgehead atoms. The molecule has 1 aliphatic heterocycles. The summed E-state index contributed by atoms with van der Waals surface area (Å²) in [6.45, 7) is 5.45. The molecule has 1 N–H and O–H groups in total. The highest BCUT2D eigenvalue weighted by molar-refractivity contribution is 8.00. The first-order valence-corrected chi connectivity index (χ1v) is 7.91. The molecular weight excluding hydrogens is 261 g/mol. The lowest BCUT2D eigenvalue weighted by atomic mass is 10.2. The molecule has 4 heteroatoms. The summed E-state index contributed by atoms with van der Waals surface area (Å²) < 4.78 is 19.4. The fraction of sp³-hybridized carbons (Fsp3) is 0.600. The number of nitrogens with one attached hydrogen (secondary N) is 1. The van der Waals surface area contributed by atoms with Gasteiger partial charge >= 0.3 is 0 Å². The number of ether oxygens (including phenoxy) is 1. The normalized spacial score (nSPS) is 16.7. The van der Waals surface area contributed by atoms with Gasteiger partial charge in [0, 0.05) is 29.9 Å². The highest BCUT2D eigenvalue weighted by Gasteiger charge is 2.18. The Morgan fingerprint density at radius 3 is 2.89 bits per heavy atom. The Kier molecular flexibility index (Phi) is 6.14. The largest absolute Gasteiger partial charge is 0.381 e. The lowest BCUT2D eigenvalue weighted by Gasteiger charge is -2.23. The predicted octanol–water partition coefficient (Wildman–Crippen LogP) is 3.60. The van der Waals surface area contributed by atoms with E-state index >= 15 is 0 Å². The molecule has 1 heterocycles. The number of rotatable bonds is 6. The minimum Gasteiger partial charge on any atom is -0.381 e. The first kappa shape index (κ1) is 14.8. The molecule has 0 amide bonds. The highest BCUT2D eigenvalue weighted by Crippen LogP contribution is 2.34. The molecule has 0 spiro atoms. The molecule has 0 aromatic heterocycles. The standard InChI is InChI=1S/C15H22FNOS/c1-2-8-17-11-12-4-3-5-14(16)15(12)19-13-6-9-18-10-7-13/h3-5,13,17H,2,6-11H2,1H3. The molecule has 0 aliphatic carbocycles. The third-order valence-electron chi connectivity index (χ3n) is 3.24. The van der Waals surface area contributed by atoms with E-state index in [1.807, 2.05) is 6.07 Å². The van der Waals surface area contributed by atoms with Crippen molar-refractivity contribution in [3.05, 3.63) is 29.6 Å². The summed E-state index contributed by atoms with van der Waals surface area (Å²) in [5.74, 6) is -0.0905. The summed E-state index contributed by atoms with van der Waals surface area (Å²) in [6, 6.07) is 5.38. The molecule has 0 unspecified atom stereocenters. The smallest absolute Gasteiger partial charge is 0.137 e. The first-order valence-electron chi connectivity index (χ1n) is 7.03. The maximum Gasteiger partial charge on any atom is 0.137 e. The van der Waals surface area contributed by atoms with Gasteiger partial charge in [-0.1, -0.05) is 19.1 Å². The van der Waals surface area contributed by atoms with E-state index in [9.17, 15) is 4.39 Å². The second-order valence-corrected chi connectivity index (χ2v) is 6.15. The van der Waals surface area contributed by atoms with Crippen LogP contribution < -0.4 is 5.32 Å². The molecule has 0 atom stereocenters. The molecule has 1 aromatic rings. The third kappa shape index (κ3) is 4.48. The Balaban J connectivity index is 2.03. The molecule has 1 saturated heterocycles. The van der Waals surface area contributed by atoms with Gasteiger partial charge in [0.05, 0.1) is 0 Å². The second-order valence-electron chi connectivity index (χ2n) is 4.83. The maximum atomic E-state index is 14.0. The number of halogens is 1. The van der Waals surface area contributed by atoms with Gasteiger partial charge in [-0.05, 0) is 37.4 Å². The van der Waals surface area contributed by atoms with E-state index in [1.54, 1.807) is 23.9 Å². The van der Waals surface area contributed by atoms with Crippen LogP contribution in [0.15, 0.2) is 23.1 Å². The lowest BCUT2D eigenvalue weighted by molar-refractivity contribution is 0.1000. The summed E-state index contributed by atoms with van der Waals surface area (Å²) in [5, 5.41) is 3.83. The van der Waals surface area contributed by atoms with E-state index in [2.05, 4.69) is 12.2 Å². The van der Waals surface area contributed by atoms with Crippen molar-refractivity contribution in [2.24, 2.45) is 0 Å². The first-order chi connectivity index (χ1) is 9.31. The van der Waals surface area contributed by atoms with Crippen molar-refractivity contribution in [1.29, 1.82) is 0 Å². The van der Waals surface area contributed by atoms with E-state index < -0.39 is 0 Å². The van der Waals surface area contributed by atoms with E-state index in [-0.39, 0.29) is 5.82 Å². The number of hydrogen-bond donors (Lipinski definition) is 1. The van der Waals surface area contributed by atoms with Crippen molar-refractivity contribution in [2.45, 2.75) is 42.9 Å². The van der Waals surface area contributed by atoms with Crippen LogP contribution in [0.25, 0.3) is 0 Å². The Hall–Kier alpha value is -0.580. The molecule has 1 fully saturated rings. The number of benzene rings is 1. The zero-order valence-corrected chi connectivity index (χ0v) is 12.3. The van der Waals surface area contributed by atoms with Crippen LogP contribution in [-0.2, 0) is 11.3 Å². The molecule has 0 saturated carbocycles. The molecule has 1 aliphatic rings. The van der Waals surface area contributed by atoms with Crippen LogP contribution in [0.2, 0.25) is 0 Å². The molecule has 0 radical (unpaired) electrons. The van der Waals surface area contributed by atoms with Gasteiger partial charge in [-0.25, -0.2) is 4.39 Å². The molecule has 106 valence electrons. The second kappa shape index (κ2) is 7.88. The van der Waals surface area contributed by atoms with Crippen molar-refractivity contribution in [1.82, 2.24) is 5.32 Å². The van der Waals surface area contributed by atoms with Gasteiger partial charge in [0.15, 0.2) is 0 Å². The summed E-state index contributed by atoms with van der Waals surface area (Å²) in [5.41, 5.74) is 1.07. The Labute approximate surface area is 119 Å². The van der Waals surface area contributed by atoms with E-state index in [0.717, 1.165) is 56.0 Å². The van der Waals surface area contributed by atoms with Crippen LogP contribution in [0.3, 0.4) is 0 Å². The summed E-state index contributed by atoms with van der Waals surface area (Å²) in [7, 11) is 0. The SMILES string of the molecule is CCCNCc1cccc(F)c1SC1CCOCC1. The number of hydrogen-bond acceptors (Lipinski definition) is 3. The van der Waals surface area contributed by atoms with Crippen LogP contribution in [0.5, 0.6) is 0 Å². The molecule has 1 aromatic carbocycles. The molecule has 19 heavy (non-hydrogen) atoms. The van der Waals surface area contributed by atoms with Crippen molar-refractivity contribution >= 4 is 11.8 Å². The predicted molar refractivity (Wildman–Crippen MR) is 78.1 cm³/mol. The van der Waals surface area contributed by atoms with E-state index in [1.165, 1.54) is 0 Å². The quantitative estimate of drug-likeness (QED) is 0.806. The molecule has 2 rings (SSSR count). The van der Waals surface area contributed by atoms with Gasteiger partial charge < -0.3 is 10.1 Å². The third-order valence-corrected chi connectivity index (χ3v) is 4.74. The summed E-state index contributed by atoms with van der Waals surface area (Å²) in [6.07, 6.45) is 3.12. The van der Waals surface area contributed by atoms with Crippen LogP contribution in [0.4, 0.5) is 4.39 Å². The summed E-state index contributed by atoms with van der Waals surface area (Å²) in [4.78, 5) is 0.818. The van der Waals surface area contributed by atoms with Gasteiger partial charge in [0.1, 0.15) is 5.82 Å². The topological polar surface area (TPSA) is 21.3 Å². The number of thioether (sulfide) groups is 1. The van der Waals surface area contributed by atoms with Crippen LogP contribution >= 0.6 is 11.8 Å². The minimum atomic E-state index is -0.0905. The average Bonchev–Trinajstić information content (AvgIpc) is 2.44. The Bertz CT molecular complexity index is 394. The van der Waals surface area contributed by atoms with Gasteiger partial charge in [0.25, 0.3) is 0 Å². The fourth-order valence-electron chi connectivity index (χ4n) is 2.18. The van der Waals surface area contributed by atoms with E-state index in [4.69, 9.17) is 4.74 Å². The summed E-state index contributed by atoms with van der Waals surface area (Å²) >= 11 is 1.68. The van der Waals surface area contributed by atoms with E-state index in [0.29, 0.717) is 5.25 Å². The van der Waals surface area contributed by atoms with Crippen LogP contribution in [0.1, 0.15) is 31.7 Å². The van der Waals surface area contributed by atoms with Crippen molar-refractivity contribution in [3.63, 3.8) is 0 Å². The minimum absolute atomic E-state index is 0.0905. The average molecular weight is 283 g/mol. The Morgan fingerprint density at radius 2 is 2.16 bits per heavy atom. The van der Waals surface area contributed by atoms with Crippen molar-refractivity contribution in [2.75, 3.05) is 19.8 Å². The maximum absolute atomic E-state index is 14.0. The van der Waals surface area contributed by atoms with Crippen molar-refractivity contribution < 1.29 is 9.13 Å². The zero-order valence-electron chi connectivity index (χ0n) is 11.5. The Morgan fingerprint density at radius 1 is 1.37 bits per heavy atom.